The van der Waals surface area contributed by atoms with Crippen molar-refractivity contribution in [3.8, 4) is 5.75 Å². The molecule has 0 spiro atoms. The van der Waals surface area contributed by atoms with E-state index in [4.69, 9.17) is 21.1 Å². The average Bonchev–Trinajstić information content (AvgIpc) is 3.02. The highest BCUT2D eigenvalue weighted by Gasteiger charge is 2.32. The topological polar surface area (TPSA) is 55.8 Å². The van der Waals surface area contributed by atoms with Gasteiger partial charge in [-0.1, -0.05) is 23.7 Å². The molecule has 0 radical (unpaired) electrons. The highest BCUT2D eigenvalue weighted by molar-refractivity contribution is 7.91. The van der Waals surface area contributed by atoms with Crippen LogP contribution in [-0.2, 0) is 14.8 Å². The molecule has 1 aromatic carbocycles. The van der Waals surface area contributed by atoms with E-state index in [-0.39, 0.29) is 16.9 Å². The molecule has 2 aromatic rings. The summed E-state index contributed by atoms with van der Waals surface area (Å²) >= 11 is 6.93. The van der Waals surface area contributed by atoms with Crippen molar-refractivity contribution in [3.63, 3.8) is 0 Å². The van der Waals surface area contributed by atoms with Gasteiger partial charge in [0.25, 0.3) is 10.0 Å². The van der Waals surface area contributed by atoms with Gasteiger partial charge in [0.2, 0.25) is 0 Å². The van der Waals surface area contributed by atoms with Crippen LogP contribution < -0.4 is 4.74 Å². The number of hydrogen-bond donors (Lipinski definition) is 0. The fourth-order valence-corrected chi connectivity index (χ4v) is 5.51. The van der Waals surface area contributed by atoms with Gasteiger partial charge in [0.1, 0.15) is 9.96 Å². The number of rotatable bonds is 4. The third-order valence-electron chi connectivity index (χ3n) is 3.64. The smallest absolute Gasteiger partial charge is 0.252 e. The molecular weight excluding hydrogens is 358 g/mol. The minimum atomic E-state index is -3.54. The molecule has 1 atom stereocenters. The van der Waals surface area contributed by atoms with Crippen LogP contribution in [0.5, 0.6) is 5.75 Å². The molecule has 1 saturated heterocycles. The molecule has 1 aliphatic heterocycles. The van der Waals surface area contributed by atoms with E-state index in [0.717, 1.165) is 22.6 Å². The molecule has 8 heteroatoms. The third-order valence-corrected chi connectivity index (χ3v) is 7.20. The van der Waals surface area contributed by atoms with Crippen LogP contribution in [0.2, 0.25) is 4.34 Å². The molecule has 3 rings (SSSR count). The summed E-state index contributed by atoms with van der Waals surface area (Å²) in [6.45, 7) is 0.948. The van der Waals surface area contributed by atoms with Crippen molar-refractivity contribution in [2.24, 2.45) is 0 Å². The molecule has 1 aliphatic rings. The van der Waals surface area contributed by atoms with E-state index in [2.05, 4.69) is 0 Å². The molecule has 124 valence electrons. The monoisotopic (exact) mass is 373 g/mol. The van der Waals surface area contributed by atoms with E-state index in [9.17, 15) is 8.42 Å². The molecule has 0 N–H and O–H groups in total. The number of ether oxygens (including phenoxy) is 2. The SMILES string of the molecule is COc1cccc(C2CN(S(=O)(=O)c3ccc(Cl)s3)CCO2)c1. The Hall–Kier alpha value is -1.12. The minimum Gasteiger partial charge on any atom is -0.497 e. The largest absolute Gasteiger partial charge is 0.497 e. The zero-order valence-corrected chi connectivity index (χ0v) is 14.8. The van der Waals surface area contributed by atoms with Crippen LogP contribution in [0, 0.1) is 0 Å². The van der Waals surface area contributed by atoms with Gasteiger partial charge in [-0.15, -0.1) is 11.3 Å². The van der Waals surface area contributed by atoms with E-state index in [1.807, 2.05) is 24.3 Å². The van der Waals surface area contributed by atoms with Crippen molar-refractivity contribution < 1.29 is 17.9 Å². The highest BCUT2D eigenvalue weighted by Crippen LogP contribution is 2.32. The lowest BCUT2D eigenvalue weighted by Crippen LogP contribution is -2.41. The predicted molar refractivity (Wildman–Crippen MR) is 89.8 cm³/mol. The van der Waals surface area contributed by atoms with E-state index >= 15 is 0 Å². The number of thiophene rings is 1. The summed E-state index contributed by atoms with van der Waals surface area (Å²) in [4.78, 5) is 0. The van der Waals surface area contributed by atoms with E-state index in [1.54, 1.807) is 19.2 Å². The summed E-state index contributed by atoms with van der Waals surface area (Å²) in [5.74, 6) is 0.719. The summed E-state index contributed by atoms with van der Waals surface area (Å²) in [5, 5.41) is 0. The molecule has 5 nitrogen and oxygen atoms in total. The van der Waals surface area contributed by atoms with Gasteiger partial charge >= 0.3 is 0 Å². The Labute approximate surface area is 144 Å². The first kappa shape index (κ1) is 16.7. The number of morpholine rings is 1. The van der Waals surface area contributed by atoms with Crippen LogP contribution in [0.3, 0.4) is 0 Å². The van der Waals surface area contributed by atoms with E-state index in [1.165, 1.54) is 4.31 Å². The van der Waals surface area contributed by atoms with Crippen molar-refractivity contribution in [3.05, 3.63) is 46.3 Å². The van der Waals surface area contributed by atoms with Gasteiger partial charge in [-0.05, 0) is 29.8 Å². The van der Waals surface area contributed by atoms with Crippen LogP contribution >= 0.6 is 22.9 Å². The maximum atomic E-state index is 12.7. The molecule has 0 amide bonds. The van der Waals surface area contributed by atoms with E-state index in [0.29, 0.717) is 17.5 Å². The molecule has 0 aliphatic carbocycles. The van der Waals surface area contributed by atoms with Gasteiger partial charge in [-0.3, -0.25) is 0 Å². The van der Waals surface area contributed by atoms with Gasteiger partial charge in [-0.25, -0.2) is 8.42 Å². The van der Waals surface area contributed by atoms with Gasteiger partial charge in [-0.2, -0.15) is 4.31 Å². The second-order valence-corrected chi connectivity index (χ2v) is 8.94. The summed E-state index contributed by atoms with van der Waals surface area (Å²) in [5.41, 5.74) is 0.897. The quantitative estimate of drug-likeness (QED) is 0.826. The van der Waals surface area contributed by atoms with Crippen LogP contribution in [0.1, 0.15) is 11.7 Å². The number of nitrogens with zero attached hydrogens (tertiary/aromatic N) is 1. The first-order valence-electron chi connectivity index (χ1n) is 7.02. The number of halogens is 1. The Morgan fingerprint density at radius 1 is 1.35 bits per heavy atom. The lowest BCUT2D eigenvalue weighted by molar-refractivity contribution is -0.00259. The number of hydrogen-bond acceptors (Lipinski definition) is 5. The molecule has 0 bridgehead atoms. The number of methoxy groups -OCH3 is 1. The minimum absolute atomic E-state index is 0.258. The maximum absolute atomic E-state index is 12.7. The van der Waals surface area contributed by atoms with Crippen LogP contribution in [0.25, 0.3) is 0 Å². The Morgan fingerprint density at radius 3 is 2.87 bits per heavy atom. The predicted octanol–water partition coefficient (Wildman–Crippen LogP) is 3.17. The lowest BCUT2D eigenvalue weighted by Gasteiger charge is -2.32. The molecule has 1 aromatic heterocycles. The summed E-state index contributed by atoms with van der Waals surface area (Å²) in [6, 6.07) is 10.6. The number of sulfonamides is 1. The zero-order valence-electron chi connectivity index (χ0n) is 12.4. The maximum Gasteiger partial charge on any atom is 0.252 e. The molecule has 23 heavy (non-hydrogen) atoms. The molecular formula is C15H16ClNO4S2. The van der Waals surface area contributed by atoms with Crippen LogP contribution in [-0.4, -0.2) is 39.5 Å². The van der Waals surface area contributed by atoms with Gasteiger partial charge in [0.15, 0.2) is 0 Å². The second kappa shape index (κ2) is 6.78. The van der Waals surface area contributed by atoms with Crippen LogP contribution in [0.4, 0.5) is 0 Å². The van der Waals surface area contributed by atoms with Gasteiger partial charge in [0.05, 0.1) is 24.2 Å². The fourth-order valence-electron chi connectivity index (χ4n) is 2.45. The van der Waals surface area contributed by atoms with Crippen molar-refractivity contribution >= 4 is 33.0 Å². The molecule has 1 unspecified atom stereocenters. The average molecular weight is 374 g/mol. The Bertz CT molecular complexity index is 790. The summed E-state index contributed by atoms with van der Waals surface area (Å²) in [6.07, 6.45) is -0.316. The lowest BCUT2D eigenvalue weighted by atomic mass is 10.1. The first-order valence-corrected chi connectivity index (χ1v) is 9.65. The fraction of sp³-hybridized carbons (Fsp3) is 0.333. The first-order chi connectivity index (χ1) is 11.0. The Kier molecular flexibility index (Phi) is 4.93. The van der Waals surface area contributed by atoms with Crippen LogP contribution in [0.15, 0.2) is 40.6 Å². The van der Waals surface area contributed by atoms with Gasteiger partial charge in [0, 0.05) is 13.1 Å². The Balaban J connectivity index is 1.83. The van der Waals surface area contributed by atoms with Crippen molar-refractivity contribution in [1.82, 2.24) is 4.31 Å². The Morgan fingerprint density at radius 2 is 2.17 bits per heavy atom. The van der Waals surface area contributed by atoms with Crippen molar-refractivity contribution in [2.75, 3.05) is 26.8 Å². The highest BCUT2D eigenvalue weighted by atomic mass is 35.5. The summed E-state index contributed by atoms with van der Waals surface area (Å²) in [7, 11) is -1.95. The summed E-state index contributed by atoms with van der Waals surface area (Å²) < 4.78 is 38.5. The third kappa shape index (κ3) is 3.54. The second-order valence-electron chi connectivity index (χ2n) is 5.06. The zero-order chi connectivity index (χ0) is 16.4. The molecule has 1 fully saturated rings. The van der Waals surface area contributed by atoms with E-state index < -0.39 is 10.0 Å². The van der Waals surface area contributed by atoms with Crippen molar-refractivity contribution in [1.29, 1.82) is 0 Å². The normalized spacial score (nSPS) is 19.7. The standard InChI is InChI=1S/C15H16ClNO4S2/c1-20-12-4-2-3-11(9-12)13-10-17(7-8-21-13)23(18,19)15-6-5-14(16)22-15/h2-6,9,13H,7-8,10H2,1H3. The molecule has 0 saturated carbocycles. The molecule has 2 heterocycles. The van der Waals surface area contributed by atoms with Gasteiger partial charge < -0.3 is 9.47 Å². The van der Waals surface area contributed by atoms with Crippen molar-refractivity contribution in [2.45, 2.75) is 10.3 Å². The number of benzene rings is 1.